The first-order chi connectivity index (χ1) is 9.28. The van der Waals surface area contributed by atoms with Crippen LogP contribution in [0.15, 0.2) is 30.5 Å². The zero-order valence-corrected chi connectivity index (χ0v) is 10.8. The highest BCUT2D eigenvalue weighted by molar-refractivity contribution is 5.34. The molecule has 100 valence electrons. The van der Waals surface area contributed by atoms with Crippen LogP contribution in [0.2, 0.25) is 0 Å². The maximum atomic E-state index is 9.80. The van der Waals surface area contributed by atoms with Gasteiger partial charge in [-0.1, -0.05) is 18.2 Å². The average molecular weight is 258 g/mol. The van der Waals surface area contributed by atoms with Gasteiger partial charge in [-0.15, -0.1) is 0 Å². The number of aryl methyl sites for hydroxylation is 1. The second-order valence-electron chi connectivity index (χ2n) is 5.11. The normalized spacial score (nSPS) is 18.3. The fourth-order valence-corrected chi connectivity index (χ4v) is 2.74. The smallest absolute Gasteiger partial charge is 0.119 e. The van der Waals surface area contributed by atoms with Crippen molar-refractivity contribution in [3.63, 3.8) is 0 Å². The molecule has 0 radical (unpaired) electrons. The highest BCUT2D eigenvalue weighted by atomic mass is 16.3. The highest BCUT2D eigenvalue weighted by Crippen LogP contribution is 2.27. The Bertz CT molecular complexity index is 577. The topological polar surface area (TPSA) is 58.3 Å². The van der Waals surface area contributed by atoms with Gasteiger partial charge in [0.2, 0.25) is 0 Å². The number of phenolic OH excluding ortho intramolecular Hbond substituents is 1. The van der Waals surface area contributed by atoms with Crippen LogP contribution < -0.4 is 0 Å². The Morgan fingerprint density at radius 2 is 2.16 bits per heavy atom. The lowest BCUT2D eigenvalue weighted by molar-refractivity contribution is 0.238. The van der Waals surface area contributed by atoms with E-state index >= 15 is 0 Å². The molecule has 0 saturated carbocycles. The largest absolute Gasteiger partial charge is 0.508 e. The number of phenols is 1. The summed E-state index contributed by atoms with van der Waals surface area (Å²) in [6.07, 6.45) is 4.77. The molecule has 1 aromatic carbocycles. The quantitative estimate of drug-likeness (QED) is 0.886. The number of aromatic nitrogens is 2. The third kappa shape index (κ3) is 2.36. The minimum absolute atomic E-state index is 0.159. The van der Waals surface area contributed by atoms with Crippen LogP contribution >= 0.6 is 0 Å². The van der Waals surface area contributed by atoms with Crippen LogP contribution in [0.4, 0.5) is 0 Å². The van der Waals surface area contributed by atoms with E-state index in [1.165, 1.54) is 0 Å². The number of rotatable bonds is 3. The molecule has 19 heavy (non-hydrogen) atoms. The monoisotopic (exact) mass is 258 g/mol. The van der Waals surface area contributed by atoms with Crippen LogP contribution in [0.25, 0.3) is 0 Å². The molecule has 1 aromatic heterocycles. The van der Waals surface area contributed by atoms with E-state index in [0.29, 0.717) is 12.2 Å². The first kappa shape index (κ1) is 12.2. The number of aliphatic hydroxyl groups is 1. The van der Waals surface area contributed by atoms with Crippen LogP contribution in [0.1, 0.15) is 35.8 Å². The molecule has 2 N–H and O–H groups in total. The van der Waals surface area contributed by atoms with Gasteiger partial charge in [0.05, 0.1) is 12.3 Å². The lowest BCUT2D eigenvalue weighted by Crippen LogP contribution is -2.18. The molecule has 0 fully saturated rings. The Kier molecular flexibility index (Phi) is 3.25. The van der Waals surface area contributed by atoms with Gasteiger partial charge in [-0.25, -0.2) is 4.98 Å². The minimum Gasteiger partial charge on any atom is -0.508 e. The van der Waals surface area contributed by atoms with E-state index in [1.807, 2.05) is 24.4 Å². The summed E-state index contributed by atoms with van der Waals surface area (Å²) < 4.78 is 2.14. The van der Waals surface area contributed by atoms with E-state index in [9.17, 15) is 10.2 Å². The summed E-state index contributed by atoms with van der Waals surface area (Å²) in [6, 6.07) is 7.35. The Morgan fingerprint density at radius 3 is 2.95 bits per heavy atom. The predicted octanol–water partition coefficient (Wildman–Crippen LogP) is 2.05. The van der Waals surface area contributed by atoms with Gasteiger partial charge in [0.15, 0.2) is 0 Å². The second-order valence-corrected chi connectivity index (χ2v) is 5.11. The average Bonchev–Trinajstić information content (AvgIpc) is 2.83. The van der Waals surface area contributed by atoms with Crippen molar-refractivity contribution in [2.75, 3.05) is 6.61 Å². The molecule has 0 aliphatic carbocycles. The zero-order valence-electron chi connectivity index (χ0n) is 10.8. The Hall–Kier alpha value is -1.81. The highest BCUT2D eigenvalue weighted by Gasteiger charge is 2.22. The molecule has 2 heterocycles. The van der Waals surface area contributed by atoms with E-state index in [4.69, 9.17) is 0 Å². The number of para-hydroxylation sites is 1. The molecule has 4 nitrogen and oxygen atoms in total. The molecule has 4 heteroatoms. The van der Waals surface area contributed by atoms with Crippen molar-refractivity contribution in [1.82, 2.24) is 9.55 Å². The third-order valence-corrected chi connectivity index (χ3v) is 3.76. The Balaban J connectivity index is 1.87. The molecule has 1 aliphatic heterocycles. The Morgan fingerprint density at radius 1 is 1.32 bits per heavy atom. The molecule has 0 bridgehead atoms. The number of aliphatic hydroxyl groups excluding tert-OH is 1. The lowest BCUT2D eigenvalue weighted by Gasteiger charge is -2.21. The number of fused-ring (bicyclic) bond motifs is 1. The van der Waals surface area contributed by atoms with E-state index in [0.717, 1.165) is 36.5 Å². The van der Waals surface area contributed by atoms with Gasteiger partial charge in [0.25, 0.3) is 0 Å². The van der Waals surface area contributed by atoms with Gasteiger partial charge >= 0.3 is 0 Å². The van der Waals surface area contributed by atoms with Crippen LogP contribution in [0.3, 0.4) is 0 Å². The predicted molar refractivity (Wildman–Crippen MR) is 72.2 cm³/mol. The van der Waals surface area contributed by atoms with Gasteiger partial charge in [0.1, 0.15) is 11.6 Å². The fourth-order valence-electron chi connectivity index (χ4n) is 2.74. The summed E-state index contributed by atoms with van der Waals surface area (Å²) in [5, 5.41) is 19.2. The van der Waals surface area contributed by atoms with Crippen LogP contribution in [0, 0.1) is 0 Å². The summed E-state index contributed by atoms with van der Waals surface area (Å²) in [7, 11) is 0. The van der Waals surface area contributed by atoms with E-state index in [2.05, 4.69) is 9.55 Å². The zero-order chi connectivity index (χ0) is 13.2. The molecule has 1 atom stereocenters. The molecule has 1 aliphatic rings. The maximum Gasteiger partial charge on any atom is 0.119 e. The molecular formula is C15H18N2O2. The number of hydrogen-bond donors (Lipinski definition) is 2. The minimum atomic E-state index is 0.159. The van der Waals surface area contributed by atoms with Crippen LogP contribution in [0.5, 0.6) is 5.75 Å². The SMILES string of the molecule is OCC1CCCn2cc(Cc3ccccc3O)nc21. The number of imidazole rings is 1. The van der Waals surface area contributed by atoms with Gasteiger partial charge in [0, 0.05) is 25.1 Å². The molecule has 0 spiro atoms. The molecule has 0 amide bonds. The van der Waals surface area contributed by atoms with Crippen LogP contribution in [-0.4, -0.2) is 26.4 Å². The van der Waals surface area contributed by atoms with Gasteiger partial charge in [-0.3, -0.25) is 0 Å². The van der Waals surface area contributed by atoms with Gasteiger partial charge in [-0.2, -0.15) is 0 Å². The Labute approximate surface area is 112 Å². The standard InChI is InChI=1S/C15H18N2O2/c18-10-12-5-3-7-17-9-13(16-15(12)17)8-11-4-1-2-6-14(11)19/h1-2,4,6,9,12,18-19H,3,5,7-8,10H2. The summed E-state index contributed by atoms with van der Waals surface area (Å²) in [5.74, 6) is 1.46. The number of hydrogen-bond acceptors (Lipinski definition) is 3. The molecular weight excluding hydrogens is 240 g/mol. The van der Waals surface area contributed by atoms with E-state index in [-0.39, 0.29) is 12.5 Å². The first-order valence-electron chi connectivity index (χ1n) is 6.71. The molecule has 0 saturated heterocycles. The van der Waals surface area contributed by atoms with Crippen LogP contribution in [-0.2, 0) is 13.0 Å². The molecule has 2 aromatic rings. The molecule has 3 rings (SSSR count). The van der Waals surface area contributed by atoms with E-state index in [1.54, 1.807) is 6.07 Å². The fraction of sp³-hybridized carbons (Fsp3) is 0.400. The van der Waals surface area contributed by atoms with Crippen molar-refractivity contribution in [2.24, 2.45) is 0 Å². The number of benzene rings is 1. The van der Waals surface area contributed by atoms with Crippen molar-refractivity contribution < 1.29 is 10.2 Å². The van der Waals surface area contributed by atoms with Gasteiger partial charge in [-0.05, 0) is 24.5 Å². The van der Waals surface area contributed by atoms with Crippen molar-refractivity contribution in [2.45, 2.75) is 31.7 Å². The molecule has 1 unspecified atom stereocenters. The number of aromatic hydroxyl groups is 1. The van der Waals surface area contributed by atoms with E-state index < -0.39 is 0 Å². The second kappa shape index (κ2) is 5.05. The summed E-state index contributed by atoms with van der Waals surface area (Å²) in [6.45, 7) is 1.13. The van der Waals surface area contributed by atoms with Crippen molar-refractivity contribution in [3.8, 4) is 5.75 Å². The van der Waals surface area contributed by atoms with Crippen molar-refractivity contribution in [1.29, 1.82) is 0 Å². The maximum absolute atomic E-state index is 9.80. The number of nitrogens with zero attached hydrogens (tertiary/aromatic N) is 2. The van der Waals surface area contributed by atoms with Crippen molar-refractivity contribution >= 4 is 0 Å². The summed E-state index contributed by atoms with van der Waals surface area (Å²) in [4.78, 5) is 4.63. The van der Waals surface area contributed by atoms with Gasteiger partial charge < -0.3 is 14.8 Å². The summed E-state index contributed by atoms with van der Waals surface area (Å²) >= 11 is 0. The van der Waals surface area contributed by atoms with Crippen molar-refractivity contribution in [3.05, 3.63) is 47.5 Å². The lowest BCUT2D eigenvalue weighted by atomic mass is 10.0. The third-order valence-electron chi connectivity index (χ3n) is 3.76. The summed E-state index contributed by atoms with van der Waals surface area (Å²) in [5.41, 5.74) is 1.84. The first-order valence-corrected chi connectivity index (χ1v) is 6.71.